The molecule has 0 heterocycles. The summed E-state index contributed by atoms with van der Waals surface area (Å²) in [6.45, 7) is 22.0. The number of fused-ring (bicyclic) bond motifs is 6. The first-order valence-electron chi connectivity index (χ1n) is 22.5. The Labute approximate surface area is 367 Å². The predicted molar refractivity (Wildman–Crippen MR) is 271 cm³/mol. The van der Waals surface area contributed by atoms with Crippen molar-refractivity contribution < 1.29 is 0 Å². The van der Waals surface area contributed by atoms with Gasteiger partial charge in [-0.25, -0.2) is 0 Å². The van der Waals surface area contributed by atoms with Crippen LogP contribution in [0.25, 0.3) is 49.9 Å². The predicted octanol–water partition coefficient (Wildman–Crippen LogP) is 17.8. The SMILES string of the molecule is C=C(C(C)=Nc1ccccc1CCC)c1ccccc1.CCCC1=CCC=Cc2c1c1c(C)cccc1c1cc(C)c(-c3ccccc3C(C)CC)cc21.Cc1ccccc1. The molecule has 1 nitrogen and oxygen atoms in total. The summed E-state index contributed by atoms with van der Waals surface area (Å²) in [4.78, 5) is 4.77. The second kappa shape index (κ2) is 21.5. The number of benzene rings is 7. The molecule has 0 aliphatic heterocycles. The molecule has 0 bridgehead atoms. The fraction of sp³-hybridized carbons (Fsp3) is 0.250. The highest BCUT2D eigenvalue weighted by molar-refractivity contribution is 6.22. The molecule has 310 valence electrons. The molecule has 1 atom stereocenters. The van der Waals surface area contributed by atoms with Gasteiger partial charge in [0.25, 0.3) is 0 Å². The van der Waals surface area contributed by atoms with Crippen LogP contribution in [-0.2, 0) is 6.42 Å². The van der Waals surface area contributed by atoms with Gasteiger partial charge in [-0.1, -0.05) is 198 Å². The summed E-state index contributed by atoms with van der Waals surface area (Å²) >= 11 is 0. The zero-order valence-electron chi connectivity index (χ0n) is 38.0. The molecule has 0 radical (unpaired) electrons. The van der Waals surface area contributed by atoms with Crippen LogP contribution < -0.4 is 0 Å². The highest BCUT2D eigenvalue weighted by Crippen LogP contribution is 2.44. The van der Waals surface area contributed by atoms with Crippen molar-refractivity contribution in [1.29, 1.82) is 0 Å². The maximum atomic E-state index is 4.77. The minimum atomic E-state index is 0.543. The standard InChI is InChI=1S/C34H36.C19H21N.C7H8/c1-6-13-25-15-8-9-18-29-32-21-30(27-17-11-10-16-26(27)22(3)7-2)24(5)20-31(32)28-19-12-14-23(4)33(28)34(25)29;1-4-10-18-13-8-9-14-19(18)20-16(3)15(2)17-11-6-5-7-12-17;1-7-5-3-2-4-6-7/h9-12,14-22H,6-8,13H2,1-5H3;5-9,11-14H,2,4,10H2,1,3H3;2-6H,1H3. The lowest BCUT2D eigenvalue weighted by molar-refractivity contribution is 0.735. The van der Waals surface area contributed by atoms with Gasteiger partial charge in [-0.2, -0.15) is 0 Å². The van der Waals surface area contributed by atoms with Crippen LogP contribution in [0, 0.1) is 20.8 Å². The minimum absolute atomic E-state index is 0.543. The van der Waals surface area contributed by atoms with E-state index < -0.39 is 0 Å². The van der Waals surface area contributed by atoms with Gasteiger partial charge in [-0.3, -0.25) is 4.99 Å². The Morgan fingerprint density at radius 1 is 0.656 bits per heavy atom. The van der Waals surface area contributed by atoms with Crippen molar-refractivity contribution in [1.82, 2.24) is 0 Å². The molecular formula is C60H65N. The third-order valence-electron chi connectivity index (χ3n) is 12.1. The summed E-state index contributed by atoms with van der Waals surface area (Å²) in [5, 5.41) is 5.58. The van der Waals surface area contributed by atoms with Crippen molar-refractivity contribution in [2.75, 3.05) is 0 Å². The lowest BCUT2D eigenvalue weighted by Gasteiger charge is -2.22. The first-order chi connectivity index (χ1) is 29.7. The first-order valence-corrected chi connectivity index (χ1v) is 22.5. The molecule has 0 saturated carbocycles. The van der Waals surface area contributed by atoms with E-state index in [1.54, 1.807) is 0 Å². The number of para-hydroxylation sites is 1. The van der Waals surface area contributed by atoms with Crippen LogP contribution in [-0.4, -0.2) is 5.71 Å². The summed E-state index contributed by atoms with van der Waals surface area (Å²) < 4.78 is 0. The third kappa shape index (κ3) is 10.6. The highest BCUT2D eigenvalue weighted by Gasteiger charge is 2.21. The average Bonchev–Trinajstić information content (AvgIpc) is 3.50. The normalized spacial score (nSPS) is 12.7. The number of hydrogen-bond donors (Lipinski definition) is 0. The van der Waals surface area contributed by atoms with E-state index in [-0.39, 0.29) is 0 Å². The highest BCUT2D eigenvalue weighted by atomic mass is 14.7. The molecule has 0 N–H and O–H groups in total. The van der Waals surface area contributed by atoms with Crippen LogP contribution in [0.1, 0.15) is 117 Å². The van der Waals surface area contributed by atoms with E-state index in [9.17, 15) is 0 Å². The van der Waals surface area contributed by atoms with Crippen LogP contribution in [0.4, 0.5) is 5.69 Å². The molecule has 7 aromatic rings. The van der Waals surface area contributed by atoms with Crippen LogP contribution in [0.15, 0.2) is 163 Å². The van der Waals surface area contributed by atoms with Crippen LogP contribution >= 0.6 is 0 Å². The lowest BCUT2D eigenvalue weighted by Crippen LogP contribution is -1.99. The summed E-state index contributed by atoms with van der Waals surface area (Å²) in [6, 6.07) is 49.6. The molecule has 8 rings (SSSR count). The second-order valence-corrected chi connectivity index (χ2v) is 16.6. The van der Waals surface area contributed by atoms with Gasteiger partial charge in [0.15, 0.2) is 0 Å². The van der Waals surface area contributed by atoms with E-state index in [4.69, 9.17) is 4.99 Å². The Morgan fingerprint density at radius 3 is 2.02 bits per heavy atom. The van der Waals surface area contributed by atoms with Crippen molar-refractivity contribution >= 4 is 50.2 Å². The van der Waals surface area contributed by atoms with E-state index in [0.29, 0.717) is 5.92 Å². The van der Waals surface area contributed by atoms with Crippen molar-refractivity contribution in [3.05, 3.63) is 203 Å². The molecule has 0 saturated heterocycles. The van der Waals surface area contributed by atoms with Gasteiger partial charge in [0.2, 0.25) is 0 Å². The van der Waals surface area contributed by atoms with Crippen LogP contribution in [0.2, 0.25) is 0 Å². The summed E-state index contributed by atoms with van der Waals surface area (Å²) in [5.41, 5.74) is 18.1. The molecule has 1 aliphatic carbocycles. The Hall–Kier alpha value is -6.05. The van der Waals surface area contributed by atoms with Gasteiger partial charge >= 0.3 is 0 Å². The molecule has 1 unspecified atom stereocenters. The van der Waals surface area contributed by atoms with Gasteiger partial charge in [0.1, 0.15) is 0 Å². The van der Waals surface area contributed by atoms with Crippen molar-refractivity contribution in [2.24, 2.45) is 4.99 Å². The second-order valence-electron chi connectivity index (χ2n) is 16.6. The average molecular weight is 800 g/mol. The third-order valence-corrected chi connectivity index (χ3v) is 12.1. The monoisotopic (exact) mass is 800 g/mol. The lowest BCUT2D eigenvalue weighted by atomic mass is 9.82. The first kappa shape index (κ1) is 44.5. The molecule has 1 aliphatic rings. The Bertz CT molecular complexity index is 2670. The van der Waals surface area contributed by atoms with Gasteiger partial charge in [-0.05, 0) is 154 Å². The maximum Gasteiger partial charge on any atom is 0.0665 e. The van der Waals surface area contributed by atoms with Crippen LogP contribution in [0.5, 0.6) is 0 Å². The van der Waals surface area contributed by atoms with Crippen molar-refractivity contribution in [2.45, 2.75) is 99.8 Å². The molecule has 7 aromatic carbocycles. The van der Waals surface area contributed by atoms with E-state index in [2.05, 4.69) is 170 Å². The number of aliphatic imine (C=N–C) groups is 1. The topological polar surface area (TPSA) is 12.4 Å². The van der Waals surface area contributed by atoms with E-state index >= 15 is 0 Å². The number of rotatable bonds is 10. The van der Waals surface area contributed by atoms with Crippen LogP contribution in [0.3, 0.4) is 0 Å². The zero-order valence-corrected chi connectivity index (χ0v) is 38.0. The Kier molecular flexibility index (Phi) is 15.7. The summed E-state index contributed by atoms with van der Waals surface area (Å²) in [6.07, 6.45) is 13.8. The maximum absolute atomic E-state index is 4.77. The van der Waals surface area contributed by atoms with Gasteiger partial charge in [-0.15, -0.1) is 0 Å². The van der Waals surface area contributed by atoms with Crippen molar-refractivity contribution in [3.63, 3.8) is 0 Å². The zero-order chi connectivity index (χ0) is 43.3. The number of nitrogens with zero attached hydrogens (tertiary/aromatic N) is 1. The van der Waals surface area contributed by atoms with Crippen molar-refractivity contribution in [3.8, 4) is 11.1 Å². The fourth-order valence-electron chi connectivity index (χ4n) is 8.56. The summed E-state index contributed by atoms with van der Waals surface area (Å²) in [7, 11) is 0. The number of aryl methyl sites for hydroxylation is 4. The van der Waals surface area contributed by atoms with Gasteiger partial charge in [0.05, 0.1) is 5.69 Å². The molecule has 0 fully saturated rings. The minimum Gasteiger partial charge on any atom is -0.253 e. The van der Waals surface area contributed by atoms with E-state index in [0.717, 1.165) is 61.1 Å². The number of hydrogen-bond acceptors (Lipinski definition) is 1. The van der Waals surface area contributed by atoms with E-state index in [1.165, 1.54) is 77.2 Å². The molecule has 0 aromatic heterocycles. The number of allylic oxidation sites excluding steroid dienone is 4. The van der Waals surface area contributed by atoms with E-state index in [1.807, 2.05) is 49.4 Å². The largest absolute Gasteiger partial charge is 0.253 e. The molecule has 0 spiro atoms. The Morgan fingerprint density at radius 2 is 1.33 bits per heavy atom. The van der Waals surface area contributed by atoms with Gasteiger partial charge in [0, 0.05) is 5.71 Å². The fourth-order valence-corrected chi connectivity index (χ4v) is 8.56. The molecular weight excluding hydrogens is 735 g/mol. The Balaban J connectivity index is 0.000000193. The molecule has 1 heteroatoms. The smallest absolute Gasteiger partial charge is 0.0665 e. The molecule has 61 heavy (non-hydrogen) atoms. The quantitative estimate of drug-likeness (QED) is 0.0965. The molecule has 0 amide bonds. The summed E-state index contributed by atoms with van der Waals surface area (Å²) in [5.74, 6) is 0.543. The van der Waals surface area contributed by atoms with Gasteiger partial charge < -0.3 is 0 Å².